The molecule has 1 heterocycles. The van der Waals surface area contributed by atoms with E-state index in [4.69, 9.17) is 21.1 Å². The highest BCUT2D eigenvalue weighted by Gasteiger charge is 2.34. The van der Waals surface area contributed by atoms with Crippen LogP contribution in [-0.4, -0.2) is 35.6 Å². The molecular weight excluding hydrogens is 580 g/mol. The molecule has 46 heavy (non-hydrogen) atoms. The van der Waals surface area contributed by atoms with Gasteiger partial charge < -0.3 is 19.8 Å². The Bertz CT molecular complexity index is 1490. The smallest absolute Gasteiger partial charge is 0.344 e. The van der Waals surface area contributed by atoms with Gasteiger partial charge in [-0.05, 0) is 98.6 Å². The van der Waals surface area contributed by atoms with E-state index in [1.54, 1.807) is 6.92 Å². The van der Waals surface area contributed by atoms with E-state index >= 15 is 0 Å². The summed E-state index contributed by atoms with van der Waals surface area (Å²) in [5, 5.41) is 0.883. The first-order valence-corrected chi connectivity index (χ1v) is 17.2. The van der Waals surface area contributed by atoms with Gasteiger partial charge >= 0.3 is 5.97 Å². The molecule has 0 fully saturated rings. The molecule has 2 amide bonds. The first-order chi connectivity index (χ1) is 22.3. The van der Waals surface area contributed by atoms with Gasteiger partial charge in [0.05, 0.1) is 18.0 Å². The average Bonchev–Trinajstić information content (AvgIpc) is 3.38. The minimum atomic E-state index is -0.437. The minimum absolute atomic E-state index is 0.215. The minimum Gasteiger partial charge on any atom is -0.481 e. The molecule has 250 valence electrons. The zero-order chi connectivity index (χ0) is 33.1. The first kappa shape index (κ1) is 35.0. The lowest BCUT2D eigenvalue weighted by molar-refractivity contribution is -0.145. The van der Waals surface area contributed by atoms with Gasteiger partial charge in [0.25, 0.3) is 0 Å². The van der Waals surface area contributed by atoms with E-state index in [2.05, 4.69) is 48.1 Å². The van der Waals surface area contributed by atoms with Gasteiger partial charge in [-0.1, -0.05) is 57.4 Å². The topological polar surface area (TPSA) is 139 Å². The SMILES string of the molecule is CCCc1cc(CCC)cc(CCn2c3c(c4c(OCC(=O)OCC)ccc(CCCCCC(N)=O)c42)C(C(=O)NN)CCC3)c1. The molecule has 0 aliphatic heterocycles. The van der Waals surface area contributed by atoms with Crippen LogP contribution in [0, 0.1) is 0 Å². The van der Waals surface area contributed by atoms with Gasteiger partial charge in [0, 0.05) is 24.0 Å². The van der Waals surface area contributed by atoms with Crippen molar-refractivity contribution in [2.24, 2.45) is 11.6 Å². The molecule has 0 saturated carbocycles. The maximum atomic E-state index is 13.2. The summed E-state index contributed by atoms with van der Waals surface area (Å²) in [6, 6.07) is 11.0. The van der Waals surface area contributed by atoms with Crippen molar-refractivity contribution >= 4 is 28.7 Å². The standard InChI is InChI=1S/C37H52N4O5/c1-4-11-25-21-26(12-5-2)23-27(22-25)19-20-41-30-15-10-14-29(37(44)40-39)34(30)35-31(46-24-33(43)45-6-3)18-17-28(36(35)41)13-8-7-9-16-32(38)42/h17-18,21-23,29H,4-16,19-20,24,39H2,1-3H3,(H2,38,42)(H,40,44). The van der Waals surface area contributed by atoms with Gasteiger partial charge in [0.1, 0.15) is 5.75 Å². The van der Waals surface area contributed by atoms with Gasteiger partial charge in [-0.3, -0.25) is 15.0 Å². The van der Waals surface area contributed by atoms with Gasteiger partial charge in [-0.2, -0.15) is 0 Å². The Morgan fingerprint density at radius 2 is 1.63 bits per heavy atom. The van der Waals surface area contributed by atoms with Crippen molar-refractivity contribution in [1.29, 1.82) is 0 Å². The number of amides is 2. The number of hydrazine groups is 1. The van der Waals surface area contributed by atoms with Crippen LogP contribution >= 0.6 is 0 Å². The summed E-state index contributed by atoms with van der Waals surface area (Å²) in [7, 11) is 0. The largest absolute Gasteiger partial charge is 0.481 e. The third-order valence-electron chi connectivity index (χ3n) is 8.95. The molecule has 9 heteroatoms. The number of unbranched alkanes of at least 4 members (excludes halogenated alkanes) is 2. The number of ether oxygens (including phenoxy) is 2. The fraction of sp³-hybridized carbons (Fsp3) is 0.541. The third-order valence-corrected chi connectivity index (χ3v) is 8.95. The number of esters is 1. The molecule has 0 bridgehead atoms. The van der Waals surface area contributed by atoms with Crippen LogP contribution in [0.1, 0.15) is 112 Å². The lowest BCUT2D eigenvalue weighted by atomic mass is 9.84. The van der Waals surface area contributed by atoms with Crippen LogP contribution in [0.4, 0.5) is 0 Å². The molecule has 0 radical (unpaired) electrons. The summed E-state index contributed by atoms with van der Waals surface area (Å²) in [4.78, 5) is 36.8. The number of nitrogens with two attached hydrogens (primary N) is 2. The van der Waals surface area contributed by atoms with Crippen molar-refractivity contribution in [1.82, 2.24) is 9.99 Å². The van der Waals surface area contributed by atoms with Crippen LogP contribution in [0.5, 0.6) is 5.75 Å². The molecule has 1 aromatic heterocycles. The molecule has 0 spiro atoms. The van der Waals surface area contributed by atoms with E-state index in [1.807, 2.05) is 6.07 Å². The number of aryl methyl sites for hydroxylation is 5. The number of carbonyl (C=O) groups excluding carboxylic acids is 3. The molecule has 1 aliphatic rings. The molecule has 3 aromatic rings. The predicted octanol–water partition coefficient (Wildman–Crippen LogP) is 5.73. The summed E-state index contributed by atoms with van der Waals surface area (Å²) in [6.45, 7) is 7.01. The van der Waals surface area contributed by atoms with E-state index in [0.29, 0.717) is 18.6 Å². The molecule has 2 aromatic carbocycles. The Kier molecular flexibility index (Phi) is 13.1. The second-order valence-electron chi connectivity index (χ2n) is 12.4. The predicted molar refractivity (Wildman–Crippen MR) is 182 cm³/mol. The Balaban J connectivity index is 1.83. The number of aromatic nitrogens is 1. The number of primary amides is 1. The zero-order valence-electron chi connectivity index (χ0n) is 27.9. The quantitative estimate of drug-likeness (QED) is 0.0538. The number of nitrogens with one attached hydrogen (secondary N) is 1. The summed E-state index contributed by atoms with van der Waals surface area (Å²) in [5.74, 6) is 4.93. The molecule has 1 aliphatic carbocycles. The van der Waals surface area contributed by atoms with E-state index in [9.17, 15) is 14.4 Å². The number of carbonyl (C=O) groups is 3. The van der Waals surface area contributed by atoms with Crippen LogP contribution in [-0.2, 0) is 57.8 Å². The number of fused-ring (bicyclic) bond motifs is 3. The number of hydrogen-bond acceptors (Lipinski definition) is 6. The van der Waals surface area contributed by atoms with Gasteiger partial charge in [-0.25, -0.2) is 10.6 Å². The average molecular weight is 633 g/mol. The highest BCUT2D eigenvalue weighted by Crippen LogP contribution is 2.45. The number of rotatable bonds is 18. The molecule has 0 saturated heterocycles. The maximum absolute atomic E-state index is 13.2. The normalized spacial score (nSPS) is 14.2. The van der Waals surface area contributed by atoms with Gasteiger partial charge in [-0.15, -0.1) is 0 Å². The van der Waals surface area contributed by atoms with Gasteiger partial charge in [0.2, 0.25) is 11.8 Å². The molecule has 1 unspecified atom stereocenters. The summed E-state index contributed by atoms with van der Waals surface area (Å²) >= 11 is 0. The number of hydrogen-bond donors (Lipinski definition) is 3. The molecule has 4 rings (SSSR count). The van der Waals surface area contributed by atoms with Crippen LogP contribution in [0.3, 0.4) is 0 Å². The van der Waals surface area contributed by atoms with Crippen molar-refractivity contribution in [2.75, 3.05) is 13.2 Å². The van der Waals surface area contributed by atoms with Crippen molar-refractivity contribution in [3.63, 3.8) is 0 Å². The number of nitrogens with zero attached hydrogens (tertiary/aromatic N) is 1. The summed E-state index contributed by atoms with van der Waals surface area (Å²) in [5.41, 5.74) is 16.2. The van der Waals surface area contributed by atoms with Gasteiger partial charge in [0.15, 0.2) is 6.61 Å². The fourth-order valence-electron chi connectivity index (χ4n) is 7.03. The first-order valence-electron chi connectivity index (χ1n) is 17.2. The molecule has 9 nitrogen and oxygen atoms in total. The van der Waals surface area contributed by atoms with Crippen LogP contribution in [0.2, 0.25) is 0 Å². The highest BCUT2D eigenvalue weighted by atomic mass is 16.6. The molecular formula is C37H52N4O5. The molecule has 1 atom stereocenters. The van der Waals surface area contributed by atoms with Crippen molar-refractivity contribution in [3.05, 3.63) is 63.8 Å². The third kappa shape index (κ3) is 8.69. The second kappa shape index (κ2) is 17.2. The second-order valence-corrected chi connectivity index (χ2v) is 12.4. The number of benzene rings is 2. The summed E-state index contributed by atoms with van der Waals surface area (Å²) < 4.78 is 13.7. The Morgan fingerprint density at radius 1 is 0.935 bits per heavy atom. The van der Waals surface area contributed by atoms with Crippen molar-refractivity contribution < 1.29 is 23.9 Å². The fourth-order valence-corrected chi connectivity index (χ4v) is 7.03. The lowest BCUT2D eigenvalue weighted by Crippen LogP contribution is -2.36. The van der Waals surface area contributed by atoms with E-state index in [0.717, 1.165) is 105 Å². The molecule has 5 N–H and O–H groups in total. The van der Waals surface area contributed by atoms with Crippen molar-refractivity contribution in [3.8, 4) is 5.75 Å². The Labute approximate surface area is 273 Å². The van der Waals surface area contributed by atoms with Crippen LogP contribution < -0.4 is 21.7 Å². The zero-order valence-corrected chi connectivity index (χ0v) is 27.9. The summed E-state index contributed by atoms with van der Waals surface area (Å²) in [6.07, 6.45) is 11.3. The van der Waals surface area contributed by atoms with E-state index < -0.39 is 11.9 Å². The maximum Gasteiger partial charge on any atom is 0.344 e. The highest BCUT2D eigenvalue weighted by molar-refractivity contribution is 5.99. The van der Waals surface area contributed by atoms with E-state index in [1.165, 1.54) is 16.7 Å². The monoisotopic (exact) mass is 632 g/mol. The van der Waals surface area contributed by atoms with Crippen molar-refractivity contribution in [2.45, 2.75) is 117 Å². The van der Waals surface area contributed by atoms with E-state index in [-0.39, 0.29) is 25.0 Å². The Morgan fingerprint density at radius 3 is 2.26 bits per heavy atom. The van der Waals surface area contributed by atoms with Crippen LogP contribution in [0.15, 0.2) is 30.3 Å². The Hall–Kier alpha value is -3.85. The lowest BCUT2D eigenvalue weighted by Gasteiger charge is -2.23. The van der Waals surface area contributed by atoms with Crippen LogP contribution in [0.25, 0.3) is 10.9 Å².